The number of nitrogens with one attached hydrogen (secondary N) is 1. The van der Waals surface area contributed by atoms with E-state index < -0.39 is 0 Å². The van der Waals surface area contributed by atoms with Gasteiger partial charge in [0.05, 0.1) is 11.2 Å². The molecule has 0 saturated carbocycles. The molecule has 0 fully saturated rings. The number of hydrogen-bond donors (Lipinski definition) is 1. The molecule has 0 atom stereocenters. The highest BCUT2D eigenvalue weighted by atomic mass is 16.3. The van der Waals surface area contributed by atoms with Crippen molar-refractivity contribution >= 4 is 73.3 Å². The van der Waals surface area contributed by atoms with Crippen LogP contribution in [0.1, 0.15) is 79.0 Å². The Morgan fingerprint density at radius 2 is 1.17 bits per heavy atom. The SMILES string of the molecule is CC(C)(C)c1ccc(Nc2cccc3c2oc2ccccc23)c(-c2cc(-c3ccccc3)cc3c2Bc2cc(C(C)(C)C)cc4c5cc(C(C)(C)C)ccc5n-3c24)c1. The Hall–Kier alpha value is -6.00. The highest BCUT2D eigenvalue weighted by Gasteiger charge is 2.30. The van der Waals surface area contributed by atoms with E-state index in [0.717, 1.165) is 40.6 Å². The Kier molecular flexibility index (Phi) is 7.99. The van der Waals surface area contributed by atoms with Crippen LogP contribution >= 0.6 is 0 Å². The van der Waals surface area contributed by atoms with Gasteiger partial charge >= 0.3 is 0 Å². The molecule has 0 bridgehead atoms. The van der Waals surface area contributed by atoms with Crippen molar-refractivity contribution in [1.82, 2.24) is 4.57 Å². The van der Waals surface area contributed by atoms with E-state index in [0.29, 0.717) is 0 Å². The molecule has 0 saturated heterocycles. The molecule has 0 amide bonds. The molecule has 286 valence electrons. The van der Waals surface area contributed by atoms with Crippen LogP contribution in [0.15, 0.2) is 138 Å². The third-order valence-corrected chi connectivity index (χ3v) is 12.5. The van der Waals surface area contributed by atoms with Gasteiger partial charge in [0, 0.05) is 44.0 Å². The maximum atomic E-state index is 6.55. The van der Waals surface area contributed by atoms with Gasteiger partial charge in [-0.1, -0.05) is 147 Å². The molecule has 7 aromatic carbocycles. The molecule has 9 aromatic rings. The predicted molar refractivity (Wildman–Crippen MR) is 251 cm³/mol. The lowest BCUT2D eigenvalue weighted by Crippen LogP contribution is -2.38. The number of rotatable bonds is 4. The molecule has 1 aliphatic rings. The van der Waals surface area contributed by atoms with Crippen LogP contribution in [0.25, 0.3) is 71.7 Å². The largest absolute Gasteiger partial charge is 0.454 e. The zero-order chi connectivity index (χ0) is 40.3. The number of anilines is 2. The number of furan rings is 1. The minimum Gasteiger partial charge on any atom is -0.454 e. The van der Waals surface area contributed by atoms with Crippen LogP contribution in [-0.4, -0.2) is 11.8 Å². The van der Waals surface area contributed by atoms with Crippen molar-refractivity contribution in [3.8, 4) is 27.9 Å². The smallest absolute Gasteiger partial charge is 0.198 e. The van der Waals surface area contributed by atoms with Crippen LogP contribution < -0.4 is 16.2 Å². The average molecular weight is 755 g/mol. The van der Waals surface area contributed by atoms with Gasteiger partial charge in [-0.15, -0.1) is 0 Å². The van der Waals surface area contributed by atoms with Crippen molar-refractivity contribution in [3.05, 3.63) is 150 Å². The molecule has 3 nitrogen and oxygen atoms in total. The van der Waals surface area contributed by atoms with E-state index in [-0.39, 0.29) is 16.2 Å². The first-order valence-corrected chi connectivity index (χ1v) is 20.8. The predicted octanol–water partition coefficient (Wildman–Crippen LogP) is 13.4. The summed E-state index contributed by atoms with van der Waals surface area (Å²) in [6.45, 7) is 20.9. The molecular formula is C54H51BN2O. The number of fused-ring (bicyclic) bond motifs is 8. The van der Waals surface area contributed by atoms with Crippen molar-refractivity contribution in [2.24, 2.45) is 0 Å². The number of benzene rings is 7. The number of nitrogens with zero attached hydrogens (tertiary/aromatic N) is 1. The molecule has 58 heavy (non-hydrogen) atoms. The highest BCUT2D eigenvalue weighted by molar-refractivity contribution is 6.73. The first-order chi connectivity index (χ1) is 27.6. The Morgan fingerprint density at radius 1 is 0.500 bits per heavy atom. The van der Waals surface area contributed by atoms with E-state index >= 15 is 0 Å². The fourth-order valence-electron chi connectivity index (χ4n) is 9.12. The highest BCUT2D eigenvalue weighted by Crippen LogP contribution is 2.43. The molecule has 0 spiro atoms. The van der Waals surface area contributed by atoms with Crippen LogP contribution in [0, 0.1) is 0 Å². The van der Waals surface area contributed by atoms with Crippen LogP contribution in [0.3, 0.4) is 0 Å². The summed E-state index contributed by atoms with van der Waals surface area (Å²) in [6, 6.07) is 49.7. The summed E-state index contributed by atoms with van der Waals surface area (Å²) in [5, 5.41) is 8.84. The molecule has 4 heteroatoms. The molecule has 1 N–H and O–H groups in total. The summed E-state index contributed by atoms with van der Waals surface area (Å²) >= 11 is 0. The van der Waals surface area contributed by atoms with E-state index in [1.807, 2.05) is 6.07 Å². The van der Waals surface area contributed by atoms with Gasteiger partial charge in [-0.05, 0) is 110 Å². The minimum atomic E-state index is -0.0507. The number of para-hydroxylation sites is 2. The summed E-state index contributed by atoms with van der Waals surface area (Å²) in [4.78, 5) is 0. The summed E-state index contributed by atoms with van der Waals surface area (Å²) in [7, 11) is 0.834. The van der Waals surface area contributed by atoms with Gasteiger partial charge in [0.15, 0.2) is 12.9 Å². The van der Waals surface area contributed by atoms with Gasteiger partial charge in [-0.25, -0.2) is 0 Å². The molecule has 0 radical (unpaired) electrons. The average Bonchev–Trinajstić information content (AvgIpc) is 3.74. The first-order valence-electron chi connectivity index (χ1n) is 20.8. The van der Waals surface area contributed by atoms with E-state index in [1.54, 1.807) is 0 Å². The zero-order valence-electron chi connectivity index (χ0n) is 35.3. The van der Waals surface area contributed by atoms with E-state index in [4.69, 9.17) is 4.42 Å². The molecule has 0 aliphatic carbocycles. The number of aromatic nitrogens is 1. The lowest BCUT2D eigenvalue weighted by molar-refractivity contribution is 0.590. The second kappa shape index (κ2) is 12.8. The lowest BCUT2D eigenvalue weighted by atomic mass is 9.58. The summed E-state index contributed by atoms with van der Waals surface area (Å²) in [5.41, 5.74) is 19.2. The fourth-order valence-corrected chi connectivity index (χ4v) is 9.12. The third kappa shape index (κ3) is 5.87. The molecular weight excluding hydrogens is 703 g/mol. The molecule has 3 heterocycles. The first kappa shape index (κ1) is 36.4. The Balaban J connectivity index is 1.28. The van der Waals surface area contributed by atoms with E-state index in [9.17, 15) is 0 Å². The van der Waals surface area contributed by atoms with Gasteiger partial charge in [0.1, 0.15) is 5.58 Å². The van der Waals surface area contributed by atoms with Crippen molar-refractivity contribution < 1.29 is 4.42 Å². The van der Waals surface area contributed by atoms with Gasteiger partial charge in [-0.3, -0.25) is 0 Å². The van der Waals surface area contributed by atoms with Crippen molar-refractivity contribution in [2.45, 2.75) is 78.6 Å². The normalized spacial score (nSPS) is 13.1. The quantitative estimate of drug-likeness (QED) is 0.181. The maximum absolute atomic E-state index is 6.55. The van der Waals surface area contributed by atoms with Gasteiger partial charge < -0.3 is 14.3 Å². The van der Waals surface area contributed by atoms with E-state index in [1.165, 1.54) is 77.4 Å². The molecule has 1 aliphatic heterocycles. The zero-order valence-corrected chi connectivity index (χ0v) is 35.3. The minimum absolute atomic E-state index is 0.00315. The van der Waals surface area contributed by atoms with Gasteiger partial charge in [-0.2, -0.15) is 0 Å². The maximum Gasteiger partial charge on any atom is 0.198 e. The monoisotopic (exact) mass is 754 g/mol. The van der Waals surface area contributed by atoms with E-state index in [2.05, 4.69) is 200 Å². The third-order valence-electron chi connectivity index (χ3n) is 12.5. The molecule has 10 rings (SSSR count). The molecule has 2 aromatic heterocycles. The van der Waals surface area contributed by atoms with Crippen molar-refractivity contribution in [3.63, 3.8) is 0 Å². The van der Waals surface area contributed by atoms with Gasteiger partial charge in [0.25, 0.3) is 0 Å². The second-order valence-electron chi connectivity index (χ2n) is 19.6. The van der Waals surface area contributed by atoms with Crippen LogP contribution in [-0.2, 0) is 16.2 Å². The van der Waals surface area contributed by atoms with Crippen molar-refractivity contribution in [2.75, 3.05) is 5.32 Å². The second-order valence-corrected chi connectivity index (χ2v) is 19.6. The molecule has 0 unspecified atom stereocenters. The Labute approximate surface area is 343 Å². The summed E-state index contributed by atoms with van der Waals surface area (Å²) < 4.78 is 9.14. The van der Waals surface area contributed by atoms with Gasteiger partial charge in [0.2, 0.25) is 0 Å². The Morgan fingerprint density at radius 3 is 1.93 bits per heavy atom. The van der Waals surface area contributed by atoms with Crippen molar-refractivity contribution in [1.29, 1.82) is 0 Å². The fraction of sp³-hybridized carbons (Fsp3) is 0.222. The standard InChI is InChI=1S/C54H51BN2O/c1-52(2,3)34-22-24-44(56-45-20-15-19-38-37-18-13-14-21-48(37)58-51(38)45)39(28-34)41-26-33(32-16-11-10-12-17-32)27-47-49(41)55-43-31-36(54(7,8)9)30-42-40-29-35(53(4,5)6)23-25-46(40)57(47)50(42)43/h10-31,55-56H,1-9H3. The van der Waals surface area contributed by atoms with Crippen LogP contribution in [0.2, 0.25) is 0 Å². The summed E-state index contributed by atoms with van der Waals surface area (Å²) in [6.07, 6.45) is 0. The Bertz CT molecular complexity index is 3110. The van der Waals surface area contributed by atoms with Crippen LogP contribution in [0.4, 0.5) is 11.4 Å². The topological polar surface area (TPSA) is 30.1 Å². The lowest BCUT2D eigenvalue weighted by Gasteiger charge is -2.28. The summed E-state index contributed by atoms with van der Waals surface area (Å²) in [5.74, 6) is 0. The van der Waals surface area contributed by atoms with Crippen LogP contribution in [0.5, 0.6) is 0 Å². The number of hydrogen-bond acceptors (Lipinski definition) is 2.